The van der Waals surface area contributed by atoms with Crippen LogP contribution in [0.15, 0.2) is 23.2 Å². The zero-order valence-corrected chi connectivity index (χ0v) is 19.4. The molecule has 1 N–H and O–H groups in total. The molecule has 0 spiro atoms. The van der Waals surface area contributed by atoms with Crippen molar-refractivity contribution in [3.63, 3.8) is 0 Å². The SMILES string of the molecule is CCOC(=O)N1CC(C=O)C(NS(=O)(=O)c2cn(C)c(C(=O)Cc3cc(F)c(F)c(F)c3)c2F)C1. The third-order valence-corrected chi connectivity index (χ3v) is 6.90. The largest absolute Gasteiger partial charge is 0.450 e. The molecule has 1 aromatic heterocycles. The Hall–Kier alpha value is -3.26. The van der Waals surface area contributed by atoms with E-state index < -0.39 is 74.1 Å². The number of hydrogen-bond acceptors (Lipinski definition) is 6. The first-order chi connectivity index (χ1) is 16.4. The van der Waals surface area contributed by atoms with Crippen molar-refractivity contribution in [2.45, 2.75) is 24.3 Å². The molecule has 0 bridgehead atoms. The van der Waals surface area contributed by atoms with E-state index in [0.29, 0.717) is 18.4 Å². The Morgan fingerprint density at radius 1 is 1.14 bits per heavy atom. The van der Waals surface area contributed by atoms with Gasteiger partial charge in [0, 0.05) is 32.8 Å². The van der Waals surface area contributed by atoms with E-state index in [4.69, 9.17) is 4.74 Å². The standard InChI is InChI=1S/C21H21F4N3O6S/c1-3-34-21(31)28-7-12(10-29)15(8-28)26-35(32,33)17-9-27(2)20(19(17)25)16(30)6-11-4-13(22)18(24)14(23)5-11/h4-5,9-10,12,15,26H,3,6-8H2,1-2H3. The van der Waals surface area contributed by atoms with Gasteiger partial charge < -0.3 is 19.0 Å². The predicted molar refractivity (Wildman–Crippen MR) is 112 cm³/mol. The number of likely N-dealkylation sites (tertiary alicyclic amines) is 1. The molecule has 2 heterocycles. The fourth-order valence-electron chi connectivity index (χ4n) is 3.77. The van der Waals surface area contributed by atoms with Crippen LogP contribution in [0, 0.1) is 29.2 Å². The van der Waals surface area contributed by atoms with Crippen LogP contribution in [0.1, 0.15) is 23.0 Å². The predicted octanol–water partition coefficient (Wildman–Crippen LogP) is 1.94. The van der Waals surface area contributed by atoms with Crippen molar-refractivity contribution < 1.29 is 45.1 Å². The number of amides is 1. The van der Waals surface area contributed by atoms with E-state index in [1.54, 1.807) is 6.92 Å². The van der Waals surface area contributed by atoms with Gasteiger partial charge in [-0.2, -0.15) is 0 Å². The number of aromatic nitrogens is 1. The van der Waals surface area contributed by atoms with E-state index in [1.165, 1.54) is 7.05 Å². The summed E-state index contributed by atoms with van der Waals surface area (Å²) in [7, 11) is -3.42. The molecule has 0 aliphatic carbocycles. The highest BCUT2D eigenvalue weighted by Crippen LogP contribution is 2.25. The van der Waals surface area contributed by atoms with Crippen LogP contribution >= 0.6 is 0 Å². The number of nitrogens with one attached hydrogen (secondary N) is 1. The maximum absolute atomic E-state index is 15.1. The van der Waals surface area contributed by atoms with Crippen molar-refractivity contribution in [3.8, 4) is 0 Å². The highest BCUT2D eigenvalue weighted by molar-refractivity contribution is 7.89. The van der Waals surface area contributed by atoms with Gasteiger partial charge >= 0.3 is 6.09 Å². The molecule has 1 amide bonds. The quantitative estimate of drug-likeness (QED) is 0.247. The minimum atomic E-state index is -4.61. The lowest BCUT2D eigenvalue weighted by Crippen LogP contribution is -2.41. The second-order valence-corrected chi connectivity index (χ2v) is 9.55. The number of hydrogen-bond donors (Lipinski definition) is 1. The summed E-state index contributed by atoms with van der Waals surface area (Å²) in [6.45, 7) is 1.33. The minimum absolute atomic E-state index is 0.0702. The first-order valence-electron chi connectivity index (χ1n) is 10.3. The van der Waals surface area contributed by atoms with Crippen LogP contribution < -0.4 is 4.72 Å². The Balaban J connectivity index is 1.83. The number of carbonyl (C=O) groups excluding carboxylic acids is 3. The molecule has 3 rings (SSSR count). The van der Waals surface area contributed by atoms with Gasteiger partial charge in [-0.1, -0.05) is 0 Å². The van der Waals surface area contributed by atoms with E-state index in [1.807, 2.05) is 0 Å². The van der Waals surface area contributed by atoms with Crippen LogP contribution in [0.3, 0.4) is 0 Å². The molecule has 1 aliphatic heterocycles. The molecule has 1 aromatic carbocycles. The van der Waals surface area contributed by atoms with E-state index in [0.717, 1.165) is 15.7 Å². The summed E-state index contributed by atoms with van der Waals surface area (Å²) in [4.78, 5) is 36.2. The third kappa shape index (κ3) is 5.37. The Labute approximate surface area is 197 Å². The van der Waals surface area contributed by atoms with E-state index in [2.05, 4.69) is 4.72 Å². The topological polar surface area (TPSA) is 115 Å². The van der Waals surface area contributed by atoms with E-state index >= 15 is 4.39 Å². The zero-order valence-electron chi connectivity index (χ0n) is 18.6. The molecule has 2 aromatic rings. The Morgan fingerprint density at radius 3 is 2.34 bits per heavy atom. The Kier molecular flexibility index (Phi) is 7.65. The number of sulfonamides is 1. The van der Waals surface area contributed by atoms with Crippen LogP contribution in [0.25, 0.3) is 0 Å². The van der Waals surface area contributed by atoms with Gasteiger partial charge in [-0.05, 0) is 24.6 Å². The molecular weight excluding hydrogens is 498 g/mol. The van der Waals surface area contributed by atoms with Crippen molar-refractivity contribution in [1.29, 1.82) is 0 Å². The molecular formula is C21H21F4N3O6S. The lowest BCUT2D eigenvalue weighted by Gasteiger charge is -2.16. The van der Waals surface area contributed by atoms with Crippen molar-refractivity contribution >= 4 is 28.2 Å². The van der Waals surface area contributed by atoms with E-state index in [-0.39, 0.29) is 25.3 Å². The zero-order chi connectivity index (χ0) is 26.1. The van der Waals surface area contributed by atoms with Crippen LogP contribution in [-0.4, -0.2) is 61.8 Å². The monoisotopic (exact) mass is 519 g/mol. The first kappa shape index (κ1) is 26.3. The van der Waals surface area contributed by atoms with Gasteiger partial charge in [-0.25, -0.2) is 35.5 Å². The average Bonchev–Trinajstić information content (AvgIpc) is 3.31. The van der Waals surface area contributed by atoms with Crippen LogP contribution in [0.5, 0.6) is 0 Å². The highest BCUT2D eigenvalue weighted by atomic mass is 32.2. The number of benzene rings is 1. The maximum atomic E-state index is 15.1. The number of rotatable bonds is 8. The molecule has 1 saturated heterocycles. The fraction of sp³-hybridized carbons (Fsp3) is 0.381. The minimum Gasteiger partial charge on any atom is -0.450 e. The molecule has 2 unspecified atom stereocenters. The fourth-order valence-corrected chi connectivity index (χ4v) is 5.18. The molecule has 1 fully saturated rings. The number of nitrogens with zero attached hydrogens (tertiary/aromatic N) is 2. The number of halogens is 4. The second kappa shape index (κ2) is 10.2. The normalized spacial score (nSPS) is 18.1. The number of aryl methyl sites for hydroxylation is 1. The lowest BCUT2D eigenvalue weighted by molar-refractivity contribution is -0.111. The summed E-state index contributed by atoms with van der Waals surface area (Å²) in [5, 5.41) is 0. The summed E-state index contributed by atoms with van der Waals surface area (Å²) >= 11 is 0. The third-order valence-electron chi connectivity index (χ3n) is 5.42. The molecule has 2 atom stereocenters. The lowest BCUT2D eigenvalue weighted by atomic mass is 10.1. The molecule has 0 saturated carbocycles. The average molecular weight is 519 g/mol. The van der Waals surface area contributed by atoms with Gasteiger partial charge in [0.15, 0.2) is 29.1 Å². The van der Waals surface area contributed by atoms with Gasteiger partial charge in [-0.15, -0.1) is 0 Å². The van der Waals surface area contributed by atoms with Crippen molar-refractivity contribution in [3.05, 3.63) is 52.9 Å². The molecule has 1 aliphatic rings. The number of carbonyl (C=O) groups is 3. The number of ketones is 1. The van der Waals surface area contributed by atoms with Gasteiger partial charge in [0.25, 0.3) is 0 Å². The summed E-state index contributed by atoms with van der Waals surface area (Å²) in [6, 6.07) is 0.0715. The van der Waals surface area contributed by atoms with Gasteiger partial charge in [0.1, 0.15) is 16.9 Å². The van der Waals surface area contributed by atoms with E-state index in [9.17, 15) is 36.0 Å². The number of Topliss-reactive ketones (excluding diaryl/α,β-unsaturated/α-hetero) is 1. The molecule has 190 valence electrons. The van der Waals surface area contributed by atoms with Crippen LogP contribution in [-0.2, 0) is 33.0 Å². The van der Waals surface area contributed by atoms with Crippen molar-refractivity contribution in [1.82, 2.24) is 14.2 Å². The van der Waals surface area contributed by atoms with Crippen LogP contribution in [0.2, 0.25) is 0 Å². The van der Waals surface area contributed by atoms with Gasteiger partial charge in [0.2, 0.25) is 10.0 Å². The summed E-state index contributed by atoms with van der Waals surface area (Å²) in [5.41, 5.74) is -0.976. The Morgan fingerprint density at radius 2 is 1.77 bits per heavy atom. The second-order valence-electron chi connectivity index (χ2n) is 7.87. The molecule has 14 heteroatoms. The summed E-state index contributed by atoms with van der Waals surface area (Å²) in [5.74, 6) is -8.16. The smallest absolute Gasteiger partial charge is 0.409 e. The highest BCUT2D eigenvalue weighted by Gasteiger charge is 2.39. The van der Waals surface area contributed by atoms with Gasteiger partial charge in [-0.3, -0.25) is 4.79 Å². The number of ether oxygens (including phenoxy) is 1. The summed E-state index contributed by atoms with van der Waals surface area (Å²) in [6.07, 6.45) is -0.192. The maximum Gasteiger partial charge on any atom is 0.409 e. The molecule has 0 radical (unpaired) electrons. The van der Waals surface area contributed by atoms with Crippen LogP contribution in [0.4, 0.5) is 22.4 Å². The Bertz CT molecular complexity index is 1260. The molecule has 9 nitrogen and oxygen atoms in total. The molecule has 35 heavy (non-hydrogen) atoms. The van der Waals surface area contributed by atoms with Crippen molar-refractivity contribution in [2.24, 2.45) is 13.0 Å². The number of aldehydes is 1. The first-order valence-corrected chi connectivity index (χ1v) is 11.8. The summed E-state index contributed by atoms with van der Waals surface area (Å²) < 4.78 is 88.8. The van der Waals surface area contributed by atoms with Crippen molar-refractivity contribution in [2.75, 3.05) is 19.7 Å². The van der Waals surface area contributed by atoms with Gasteiger partial charge in [0.05, 0.1) is 18.6 Å².